The van der Waals surface area contributed by atoms with Crippen LogP contribution in [0, 0.1) is 0 Å². The van der Waals surface area contributed by atoms with E-state index in [1.54, 1.807) is 0 Å². The summed E-state index contributed by atoms with van der Waals surface area (Å²) in [5.41, 5.74) is 16.0. The smallest absolute Gasteiger partial charge is 0.114 e. The summed E-state index contributed by atoms with van der Waals surface area (Å²) in [5.74, 6) is 1.07. The molecule has 0 amide bonds. The van der Waals surface area contributed by atoms with E-state index < -0.39 is 0 Å². The molecule has 2 nitrogen and oxygen atoms in total. The van der Waals surface area contributed by atoms with Crippen LogP contribution in [0.25, 0.3) is 115 Å². The zero-order valence-electron chi connectivity index (χ0n) is 31.5. The van der Waals surface area contributed by atoms with Gasteiger partial charge in [-0.2, -0.15) is 0 Å². The predicted molar refractivity (Wildman–Crippen MR) is 241 cm³/mol. The number of benzene rings is 10. The Kier molecular flexibility index (Phi) is 6.94. The summed E-state index contributed by atoms with van der Waals surface area (Å²) < 4.78 is 2.36. The van der Waals surface area contributed by atoms with Crippen molar-refractivity contribution >= 4 is 54.1 Å². The van der Waals surface area contributed by atoms with E-state index in [9.17, 15) is 0 Å². The first-order chi connectivity index (χ1) is 28.2. The molecule has 12 rings (SSSR count). The Morgan fingerprint density at radius 1 is 0.404 bits per heavy atom. The second kappa shape index (κ2) is 12.4. The van der Waals surface area contributed by atoms with Gasteiger partial charge in [-0.3, -0.25) is 4.57 Å². The summed E-state index contributed by atoms with van der Waals surface area (Å²) in [6.45, 7) is 2.19. The van der Waals surface area contributed by atoms with Gasteiger partial charge in [0.25, 0.3) is 0 Å². The molecule has 0 bridgehead atoms. The van der Waals surface area contributed by atoms with E-state index in [1.165, 1.54) is 98.7 Å². The van der Waals surface area contributed by atoms with Gasteiger partial charge in [-0.25, -0.2) is 4.98 Å². The van der Waals surface area contributed by atoms with E-state index in [0.29, 0.717) is 0 Å². The minimum Gasteiger partial charge on any atom is -0.296 e. The molecule has 2 heteroatoms. The maximum atomic E-state index is 5.06. The topological polar surface area (TPSA) is 17.8 Å². The number of aryl methyl sites for hydroxylation is 1. The molecule has 1 aliphatic rings. The maximum absolute atomic E-state index is 5.06. The molecule has 0 unspecified atom stereocenters. The van der Waals surface area contributed by atoms with Crippen molar-refractivity contribution in [3.8, 4) is 61.3 Å². The zero-order chi connectivity index (χ0) is 37.6. The fraction of sp³-hybridized carbons (Fsp3) is 0.0364. The Hall–Kier alpha value is -7.29. The van der Waals surface area contributed by atoms with E-state index in [0.717, 1.165) is 29.0 Å². The standard InChI is InChI=1S/C55H36N2/c1-2-52-56-49-25-12-13-26-51(49)57(52)50-30-29-45(40-20-8-9-21-41(40)50)55-44-23-11-10-22-43(44)54(48-32-35(27-28-46(48)55)34-15-4-3-5-16-34)37-31-36-17-14-24-42-38-18-6-7-19-39(38)47(33-37)53(36)42/h3-33H,2H2,1H3. The van der Waals surface area contributed by atoms with Gasteiger partial charge < -0.3 is 0 Å². The number of aromatic nitrogens is 2. The molecule has 266 valence electrons. The highest BCUT2D eigenvalue weighted by molar-refractivity contribution is 6.26. The molecular weight excluding hydrogens is 689 g/mol. The number of imidazole rings is 1. The number of hydrogen-bond acceptors (Lipinski definition) is 1. The molecule has 0 radical (unpaired) electrons. The lowest BCUT2D eigenvalue weighted by Gasteiger charge is -2.21. The van der Waals surface area contributed by atoms with Crippen LogP contribution in [0.4, 0.5) is 0 Å². The van der Waals surface area contributed by atoms with Gasteiger partial charge >= 0.3 is 0 Å². The first-order valence-electron chi connectivity index (χ1n) is 19.9. The van der Waals surface area contributed by atoms with Crippen LogP contribution in [0.15, 0.2) is 188 Å². The highest BCUT2D eigenvalue weighted by Crippen LogP contribution is 2.52. The Bertz CT molecular complexity index is 3440. The normalized spacial score (nSPS) is 12.0. The fourth-order valence-corrected chi connectivity index (χ4v) is 9.83. The van der Waals surface area contributed by atoms with Gasteiger partial charge in [0.1, 0.15) is 5.82 Å². The lowest BCUT2D eigenvalue weighted by Crippen LogP contribution is -2.01. The summed E-state index contributed by atoms with van der Waals surface area (Å²) in [7, 11) is 0. The molecule has 1 heterocycles. The monoisotopic (exact) mass is 724 g/mol. The molecule has 1 aromatic heterocycles. The summed E-state index contributed by atoms with van der Waals surface area (Å²) in [6.07, 6.45) is 0.842. The third kappa shape index (κ3) is 4.68. The van der Waals surface area contributed by atoms with Gasteiger partial charge in [0.15, 0.2) is 0 Å². The average molecular weight is 725 g/mol. The third-order valence-corrected chi connectivity index (χ3v) is 12.3. The average Bonchev–Trinajstić information content (AvgIpc) is 3.82. The summed E-state index contributed by atoms with van der Waals surface area (Å²) >= 11 is 0. The molecule has 57 heavy (non-hydrogen) atoms. The van der Waals surface area contributed by atoms with E-state index in [1.807, 2.05) is 0 Å². The Labute approximate surface area is 330 Å². The zero-order valence-corrected chi connectivity index (χ0v) is 31.5. The van der Waals surface area contributed by atoms with Crippen molar-refractivity contribution in [2.75, 3.05) is 0 Å². The summed E-state index contributed by atoms with van der Waals surface area (Å²) in [6, 6.07) is 69.6. The van der Waals surface area contributed by atoms with Gasteiger partial charge in [-0.15, -0.1) is 0 Å². The Morgan fingerprint density at radius 3 is 1.89 bits per heavy atom. The molecule has 0 aliphatic heterocycles. The van der Waals surface area contributed by atoms with Crippen molar-refractivity contribution in [1.82, 2.24) is 9.55 Å². The number of nitrogens with zero attached hydrogens (tertiary/aromatic N) is 2. The third-order valence-electron chi connectivity index (χ3n) is 12.3. The Balaban J connectivity index is 1.19. The second-order valence-corrected chi connectivity index (χ2v) is 15.3. The van der Waals surface area contributed by atoms with Crippen LogP contribution in [0.1, 0.15) is 12.7 Å². The van der Waals surface area contributed by atoms with E-state index >= 15 is 0 Å². The van der Waals surface area contributed by atoms with Crippen molar-refractivity contribution in [3.05, 3.63) is 194 Å². The Morgan fingerprint density at radius 2 is 1.07 bits per heavy atom. The highest BCUT2D eigenvalue weighted by Gasteiger charge is 2.25. The first kappa shape index (κ1) is 32.0. The van der Waals surface area contributed by atoms with Crippen molar-refractivity contribution in [2.24, 2.45) is 0 Å². The molecule has 0 spiro atoms. The quantitative estimate of drug-likeness (QED) is 0.162. The summed E-state index contributed by atoms with van der Waals surface area (Å²) in [4.78, 5) is 5.06. The minimum atomic E-state index is 0.842. The van der Waals surface area contributed by atoms with Crippen LogP contribution in [0.3, 0.4) is 0 Å². The van der Waals surface area contributed by atoms with Crippen molar-refractivity contribution < 1.29 is 0 Å². The molecular formula is C55H36N2. The maximum Gasteiger partial charge on any atom is 0.114 e. The molecule has 0 atom stereocenters. The van der Waals surface area contributed by atoms with E-state index in [2.05, 4.69) is 200 Å². The van der Waals surface area contributed by atoms with E-state index in [-0.39, 0.29) is 0 Å². The number of rotatable bonds is 5. The lowest BCUT2D eigenvalue weighted by atomic mass is 9.83. The molecule has 10 aromatic carbocycles. The molecule has 0 saturated carbocycles. The SMILES string of the molecule is CCc1nc2ccccc2n1-c1ccc(-c2c3ccccc3c(-c3cc4c5c(cccc5c3)-c3ccccc3-4)c3cc(-c4ccccc4)ccc23)c2ccccc12. The van der Waals surface area contributed by atoms with E-state index in [4.69, 9.17) is 4.98 Å². The predicted octanol–water partition coefficient (Wildman–Crippen LogP) is 14.8. The van der Waals surface area contributed by atoms with Crippen LogP contribution < -0.4 is 0 Å². The number of hydrogen-bond donors (Lipinski definition) is 0. The van der Waals surface area contributed by atoms with Gasteiger partial charge in [-0.05, 0) is 130 Å². The van der Waals surface area contributed by atoms with Crippen molar-refractivity contribution in [3.63, 3.8) is 0 Å². The van der Waals surface area contributed by atoms with Gasteiger partial charge in [0.05, 0.1) is 16.7 Å². The van der Waals surface area contributed by atoms with Crippen LogP contribution >= 0.6 is 0 Å². The minimum absolute atomic E-state index is 0.842. The number of fused-ring (bicyclic) bond motifs is 7. The summed E-state index contributed by atoms with van der Waals surface area (Å²) in [5, 5.41) is 10.1. The molecule has 0 N–H and O–H groups in total. The van der Waals surface area contributed by atoms with Crippen molar-refractivity contribution in [1.29, 1.82) is 0 Å². The van der Waals surface area contributed by atoms with Crippen LogP contribution in [-0.2, 0) is 6.42 Å². The largest absolute Gasteiger partial charge is 0.296 e. The van der Waals surface area contributed by atoms with Crippen molar-refractivity contribution in [2.45, 2.75) is 13.3 Å². The second-order valence-electron chi connectivity index (χ2n) is 15.3. The van der Waals surface area contributed by atoms with Crippen LogP contribution in [0.5, 0.6) is 0 Å². The molecule has 0 fully saturated rings. The molecule has 1 aliphatic carbocycles. The lowest BCUT2D eigenvalue weighted by molar-refractivity contribution is 0.913. The first-order valence-corrected chi connectivity index (χ1v) is 19.9. The van der Waals surface area contributed by atoms with Gasteiger partial charge in [0, 0.05) is 11.8 Å². The van der Waals surface area contributed by atoms with Gasteiger partial charge in [0.2, 0.25) is 0 Å². The van der Waals surface area contributed by atoms with Gasteiger partial charge in [-0.1, -0.05) is 159 Å². The molecule has 0 saturated heterocycles. The number of para-hydroxylation sites is 2. The fourth-order valence-electron chi connectivity index (χ4n) is 9.83. The molecule has 11 aromatic rings. The van der Waals surface area contributed by atoms with Crippen LogP contribution in [-0.4, -0.2) is 9.55 Å². The highest BCUT2D eigenvalue weighted by atomic mass is 15.1. The van der Waals surface area contributed by atoms with Crippen LogP contribution in [0.2, 0.25) is 0 Å².